The lowest BCUT2D eigenvalue weighted by atomic mass is 9.85. The molecule has 0 heteroatoms. The fourth-order valence-electron chi connectivity index (χ4n) is 2.99. The Bertz CT molecular complexity index is 142. The Balaban J connectivity index is 1.80. The van der Waals surface area contributed by atoms with E-state index in [0.717, 1.165) is 11.8 Å². The molecule has 1 fully saturated rings. The summed E-state index contributed by atoms with van der Waals surface area (Å²) in [5, 5.41) is 0. The molecule has 0 aromatic rings. The highest BCUT2D eigenvalue weighted by Crippen LogP contribution is 2.28. The summed E-state index contributed by atoms with van der Waals surface area (Å²) < 4.78 is 0. The SMILES string of the molecule is CC(C)CCCCCCCC1CCCCC1. The first-order valence-electron chi connectivity index (χ1n) is 7.79. The highest BCUT2D eigenvalue weighted by atomic mass is 14.2. The molecular formula is C16H32. The second-order valence-corrected chi connectivity index (χ2v) is 6.24. The van der Waals surface area contributed by atoms with Crippen LogP contribution in [0.4, 0.5) is 0 Å². The predicted molar refractivity (Wildman–Crippen MR) is 73.7 cm³/mol. The topological polar surface area (TPSA) is 0 Å². The fraction of sp³-hybridized carbons (Fsp3) is 1.00. The van der Waals surface area contributed by atoms with Crippen LogP contribution in [0.2, 0.25) is 0 Å². The van der Waals surface area contributed by atoms with Gasteiger partial charge in [0.2, 0.25) is 0 Å². The van der Waals surface area contributed by atoms with E-state index < -0.39 is 0 Å². The van der Waals surface area contributed by atoms with Crippen LogP contribution in [-0.4, -0.2) is 0 Å². The van der Waals surface area contributed by atoms with Gasteiger partial charge in [0.15, 0.2) is 0 Å². The lowest BCUT2D eigenvalue weighted by Gasteiger charge is -2.21. The second-order valence-electron chi connectivity index (χ2n) is 6.24. The Kier molecular flexibility index (Phi) is 7.98. The van der Waals surface area contributed by atoms with Gasteiger partial charge in [-0.3, -0.25) is 0 Å². The maximum Gasteiger partial charge on any atom is -0.0414 e. The van der Waals surface area contributed by atoms with Crippen LogP contribution in [0.25, 0.3) is 0 Å². The summed E-state index contributed by atoms with van der Waals surface area (Å²) >= 11 is 0. The lowest BCUT2D eigenvalue weighted by molar-refractivity contribution is 0.327. The standard InChI is InChI=1S/C16H32/c1-15(2)11-7-4-3-5-8-12-16-13-9-6-10-14-16/h15-16H,3-14H2,1-2H3. The van der Waals surface area contributed by atoms with Crippen molar-refractivity contribution in [1.82, 2.24) is 0 Å². The van der Waals surface area contributed by atoms with Gasteiger partial charge in [-0.2, -0.15) is 0 Å². The summed E-state index contributed by atoms with van der Waals surface area (Å²) in [7, 11) is 0. The summed E-state index contributed by atoms with van der Waals surface area (Å²) in [6.45, 7) is 4.67. The van der Waals surface area contributed by atoms with Crippen LogP contribution in [0, 0.1) is 11.8 Å². The van der Waals surface area contributed by atoms with Crippen molar-refractivity contribution in [2.75, 3.05) is 0 Å². The van der Waals surface area contributed by atoms with E-state index >= 15 is 0 Å². The van der Waals surface area contributed by atoms with Gasteiger partial charge in [0.05, 0.1) is 0 Å². The average Bonchev–Trinajstić information content (AvgIpc) is 2.29. The predicted octanol–water partition coefficient (Wildman–Crippen LogP) is 5.95. The van der Waals surface area contributed by atoms with E-state index in [1.165, 1.54) is 77.0 Å². The number of hydrogen-bond acceptors (Lipinski definition) is 0. The van der Waals surface area contributed by atoms with E-state index in [1.54, 1.807) is 0 Å². The minimum Gasteiger partial charge on any atom is -0.0628 e. The van der Waals surface area contributed by atoms with Crippen molar-refractivity contribution in [3.63, 3.8) is 0 Å². The van der Waals surface area contributed by atoms with Gasteiger partial charge in [-0.25, -0.2) is 0 Å². The lowest BCUT2D eigenvalue weighted by Crippen LogP contribution is -2.05. The van der Waals surface area contributed by atoms with Gasteiger partial charge in [0.25, 0.3) is 0 Å². The zero-order chi connectivity index (χ0) is 11.6. The monoisotopic (exact) mass is 224 g/mol. The molecule has 0 saturated heterocycles. The molecule has 96 valence electrons. The third-order valence-corrected chi connectivity index (χ3v) is 4.12. The van der Waals surface area contributed by atoms with E-state index in [1.807, 2.05) is 0 Å². The van der Waals surface area contributed by atoms with Gasteiger partial charge in [-0.15, -0.1) is 0 Å². The molecule has 16 heavy (non-hydrogen) atoms. The van der Waals surface area contributed by atoms with Crippen LogP contribution < -0.4 is 0 Å². The Morgan fingerprint density at radius 1 is 0.812 bits per heavy atom. The van der Waals surface area contributed by atoms with Crippen LogP contribution in [0.15, 0.2) is 0 Å². The number of unbranched alkanes of at least 4 members (excludes halogenated alkanes) is 4. The first kappa shape index (κ1) is 14.1. The Morgan fingerprint density at radius 3 is 2.12 bits per heavy atom. The molecule has 0 N–H and O–H groups in total. The van der Waals surface area contributed by atoms with Crippen molar-refractivity contribution in [3.05, 3.63) is 0 Å². The molecule has 0 unspecified atom stereocenters. The summed E-state index contributed by atoms with van der Waals surface area (Å²) in [6, 6.07) is 0. The first-order valence-corrected chi connectivity index (χ1v) is 7.79. The zero-order valence-electron chi connectivity index (χ0n) is 11.6. The largest absolute Gasteiger partial charge is 0.0628 e. The van der Waals surface area contributed by atoms with Crippen molar-refractivity contribution in [2.24, 2.45) is 11.8 Å². The summed E-state index contributed by atoms with van der Waals surface area (Å²) in [4.78, 5) is 0. The molecule has 1 saturated carbocycles. The third kappa shape index (κ3) is 7.30. The van der Waals surface area contributed by atoms with E-state index in [0.29, 0.717) is 0 Å². The van der Waals surface area contributed by atoms with E-state index in [4.69, 9.17) is 0 Å². The molecule has 0 heterocycles. The second kappa shape index (κ2) is 9.07. The molecule has 0 aromatic carbocycles. The fourth-order valence-corrected chi connectivity index (χ4v) is 2.99. The van der Waals surface area contributed by atoms with Crippen LogP contribution in [0.5, 0.6) is 0 Å². The Morgan fingerprint density at radius 2 is 1.44 bits per heavy atom. The quantitative estimate of drug-likeness (QED) is 0.447. The van der Waals surface area contributed by atoms with E-state index in [-0.39, 0.29) is 0 Å². The summed E-state index contributed by atoms with van der Waals surface area (Å²) in [5.74, 6) is 2.01. The molecule has 0 spiro atoms. The molecule has 1 rings (SSSR count). The van der Waals surface area contributed by atoms with Crippen LogP contribution in [0.1, 0.15) is 90.9 Å². The van der Waals surface area contributed by atoms with Gasteiger partial charge in [-0.05, 0) is 11.8 Å². The molecule has 0 radical (unpaired) electrons. The maximum atomic E-state index is 2.34. The Hall–Kier alpha value is 0. The molecule has 0 aromatic heterocycles. The van der Waals surface area contributed by atoms with E-state index in [2.05, 4.69) is 13.8 Å². The highest BCUT2D eigenvalue weighted by Gasteiger charge is 2.12. The molecule has 1 aliphatic rings. The highest BCUT2D eigenvalue weighted by molar-refractivity contribution is 4.65. The third-order valence-electron chi connectivity index (χ3n) is 4.12. The molecule has 1 aliphatic carbocycles. The molecule has 0 nitrogen and oxygen atoms in total. The molecular weight excluding hydrogens is 192 g/mol. The van der Waals surface area contributed by atoms with Crippen molar-refractivity contribution >= 4 is 0 Å². The molecule has 0 aliphatic heterocycles. The smallest absolute Gasteiger partial charge is 0.0414 e. The molecule has 0 amide bonds. The van der Waals surface area contributed by atoms with Crippen molar-refractivity contribution < 1.29 is 0 Å². The number of hydrogen-bond donors (Lipinski definition) is 0. The van der Waals surface area contributed by atoms with Crippen LogP contribution in [-0.2, 0) is 0 Å². The minimum absolute atomic E-state index is 0.905. The van der Waals surface area contributed by atoms with Gasteiger partial charge in [0.1, 0.15) is 0 Å². The van der Waals surface area contributed by atoms with Gasteiger partial charge >= 0.3 is 0 Å². The van der Waals surface area contributed by atoms with Crippen molar-refractivity contribution in [2.45, 2.75) is 90.9 Å². The minimum atomic E-state index is 0.905. The summed E-state index contributed by atoms with van der Waals surface area (Å²) in [5.41, 5.74) is 0. The Labute approximate surface area is 103 Å². The van der Waals surface area contributed by atoms with Gasteiger partial charge in [0, 0.05) is 0 Å². The van der Waals surface area contributed by atoms with Crippen molar-refractivity contribution in [3.8, 4) is 0 Å². The van der Waals surface area contributed by atoms with Gasteiger partial charge < -0.3 is 0 Å². The zero-order valence-corrected chi connectivity index (χ0v) is 11.6. The van der Waals surface area contributed by atoms with E-state index in [9.17, 15) is 0 Å². The molecule has 0 atom stereocenters. The van der Waals surface area contributed by atoms with Crippen LogP contribution in [0.3, 0.4) is 0 Å². The first-order chi connectivity index (χ1) is 7.79. The van der Waals surface area contributed by atoms with Crippen molar-refractivity contribution in [1.29, 1.82) is 0 Å². The number of rotatable bonds is 8. The summed E-state index contributed by atoms with van der Waals surface area (Å²) in [6.07, 6.45) is 18.0. The molecule has 0 bridgehead atoms. The van der Waals surface area contributed by atoms with Gasteiger partial charge in [-0.1, -0.05) is 90.9 Å². The van der Waals surface area contributed by atoms with Crippen LogP contribution >= 0.6 is 0 Å². The average molecular weight is 224 g/mol. The normalized spacial score (nSPS) is 18.2. The maximum absolute atomic E-state index is 2.34.